The fourth-order valence-corrected chi connectivity index (χ4v) is 3.21. The minimum atomic E-state index is 0.136. The molecule has 0 unspecified atom stereocenters. The number of hydrogen-bond donors (Lipinski definition) is 1. The average Bonchev–Trinajstić information content (AvgIpc) is 2.71. The molecule has 4 heteroatoms. The lowest BCUT2D eigenvalue weighted by Gasteiger charge is -2.28. The van der Waals surface area contributed by atoms with Gasteiger partial charge < -0.3 is 15.0 Å². The Morgan fingerprint density at radius 3 is 2.35 bits per heavy atom. The van der Waals surface area contributed by atoms with Crippen LogP contribution in [0.3, 0.4) is 0 Å². The van der Waals surface area contributed by atoms with Gasteiger partial charge in [0.25, 0.3) is 0 Å². The zero-order valence-corrected chi connectivity index (χ0v) is 15.3. The Hall–Kier alpha value is -2.33. The molecule has 138 valence electrons. The molecule has 4 nitrogen and oxygen atoms in total. The van der Waals surface area contributed by atoms with Crippen molar-refractivity contribution >= 4 is 11.6 Å². The molecule has 1 aliphatic rings. The van der Waals surface area contributed by atoms with Crippen LogP contribution in [0.2, 0.25) is 0 Å². The largest absolute Gasteiger partial charge is 0.378 e. The fourth-order valence-electron chi connectivity index (χ4n) is 3.21. The zero-order valence-electron chi connectivity index (χ0n) is 15.3. The van der Waals surface area contributed by atoms with E-state index in [0.717, 1.165) is 52.1 Å². The van der Waals surface area contributed by atoms with Gasteiger partial charge in [-0.15, -0.1) is 0 Å². The van der Waals surface area contributed by atoms with Crippen LogP contribution < -0.4 is 10.2 Å². The maximum Gasteiger partial charge on any atom is 0.220 e. The van der Waals surface area contributed by atoms with Gasteiger partial charge in [0.05, 0.1) is 13.2 Å². The number of anilines is 1. The van der Waals surface area contributed by atoms with Gasteiger partial charge in [0.2, 0.25) is 5.91 Å². The molecule has 1 saturated heterocycles. The number of nitrogens with zero attached hydrogens (tertiary/aromatic N) is 1. The molecule has 26 heavy (non-hydrogen) atoms. The summed E-state index contributed by atoms with van der Waals surface area (Å²) < 4.78 is 5.40. The Morgan fingerprint density at radius 2 is 1.62 bits per heavy atom. The van der Waals surface area contributed by atoms with Gasteiger partial charge in [-0.1, -0.05) is 42.5 Å². The topological polar surface area (TPSA) is 41.6 Å². The fraction of sp³-hybridized carbons (Fsp3) is 0.409. The van der Waals surface area contributed by atoms with Crippen LogP contribution in [0.1, 0.15) is 24.0 Å². The number of nitrogens with one attached hydrogen (secondary N) is 1. The highest BCUT2D eigenvalue weighted by atomic mass is 16.5. The molecule has 1 fully saturated rings. The van der Waals surface area contributed by atoms with Crippen LogP contribution in [-0.4, -0.2) is 38.8 Å². The first-order chi connectivity index (χ1) is 12.8. The van der Waals surface area contributed by atoms with Gasteiger partial charge in [-0.2, -0.15) is 0 Å². The molecule has 2 aromatic rings. The summed E-state index contributed by atoms with van der Waals surface area (Å²) in [5.41, 5.74) is 3.80. The van der Waals surface area contributed by atoms with Crippen molar-refractivity contribution in [2.75, 3.05) is 37.7 Å². The first-order valence-electron chi connectivity index (χ1n) is 9.53. The third-order valence-corrected chi connectivity index (χ3v) is 4.76. The normalized spacial score (nSPS) is 14.2. The lowest BCUT2D eigenvalue weighted by atomic mass is 10.1. The van der Waals surface area contributed by atoms with E-state index >= 15 is 0 Å². The molecule has 1 amide bonds. The molecule has 0 saturated carbocycles. The van der Waals surface area contributed by atoms with E-state index in [-0.39, 0.29) is 5.91 Å². The van der Waals surface area contributed by atoms with Crippen molar-refractivity contribution in [3.63, 3.8) is 0 Å². The minimum Gasteiger partial charge on any atom is -0.378 e. The number of carbonyl (C=O) groups excluding carboxylic acids is 1. The number of amides is 1. The SMILES string of the molecule is O=C(CCc1ccccc1)NCCCc1ccc(N2CCOCC2)cc1. The van der Waals surface area contributed by atoms with Gasteiger partial charge in [-0.25, -0.2) is 0 Å². The van der Waals surface area contributed by atoms with Crippen molar-refractivity contribution in [2.24, 2.45) is 0 Å². The smallest absolute Gasteiger partial charge is 0.220 e. The van der Waals surface area contributed by atoms with E-state index in [2.05, 4.69) is 46.6 Å². The standard InChI is InChI=1S/C22H28N2O2/c25-22(13-10-19-5-2-1-3-6-19)23-14-4-7-20-8-11-21(12-9-20)24-15-17-26-18-16-24/h1-3,5-6,8-9,11-12H,4,7,10,13-18H2,(H,23,25). The van der Waals surface area contributed by atoms with Gasteiger partial charge in [-0.05, 0) is 42.5 Å². The Labute approximate surface area is 156 Å². The van der Waals surface area contributed by atoms with Gasteiger partial charge in [0.15, 0.2) is 0 Å². The van der Waals surface area contributed by atoms with E-state index in [1.807, 2.05) is 18.2 Å². The number of morpholine rings is 1. The number of carbonyl (C=O) groups is 1. The summed E-state index contributed by atoms with van der Waals surface area (Å²) in [5, 5.41) is 3.03. The third-order valence-electron chi connectivity index (χ3n) is 4.76. The Balaban J connectivity index is 1.32. The monoisotopic (exact) mass is 352 g/mol. The van der Waals surface area contributed by atoms with E-state index in [4.69, 9.17) is 4.74 Å². The Bertz CT molecular complexity index is 664. The summed E-state index contributed by atoms with van der Waals surface area (Å²) >= 11 is 0. The van der Waals surface area contributed by atoms with Crippen LogP contribution in [0.25, 0.3) is 0 Å². The summed E-state index contributed by atoms with van der Waals surface area (Å²) in [6, 6.07) is 18.9. The number of rotatable bonds is 8. The zero-order chi connectivity index (χ0) is 18.0. The molecule has 1 aliphatic heterocycles. The number of hydrogen-bond acceptors (Lipinski definition) is 3. The summed E-state index contributed by atoms with van der Waals surface area (Å²) in [4.78, 5) is 14.3. The lowest BCUT2D eigenvalue weighted by molar-refractivity contribution is -0.121. The minimum absolute atomic E-state index is 0.136. The summed E-state index contributed by atoms with van der Waals surface area (Å²) in [6.45, 7) is 4.29. The van der Waals surface area contributed by atoms with Gasteiger partial charge in [0, 0.05) is 31.7 Å². The molecule has 0 spiro atoms. The Kier molecular flexibility index (Phi) is 7.08. The molecule has 0 radical (unpaired) electrons. The lowest BCUT2D eigenvalue weighted by Crippen LogP contribution is -2.36. The maximum absolute atomic E-state index is 11.9. The van der Waals surface area contributed by atoms with E-state index in [0.29, 0.717) is 6.42 Å². The van der Waals surface area contributed by atoms with Crippen molar-refractivity contribution < 1.29 is 9.53 Å². The molecule has 0 aromatic heterocycles. The van der Waals surface area contributed by atoms with Crippen molar-refractivity contribution in [1.29, 1.82) is 0 Å². The van der Waals surface area contributed by atoms with Crippen LogP contribution in [0, 0.1) is 0 Å². The molecule has 2 aromatic carbocycles. The van der Waals surface area contributed by atoms with E-state index in [1.165, 1.54) is 16.8 Å². The second-order valence-corrected chi connectivity index (χ2v) is 6.70. The number of benzene rings is 2. The summed E-state index contributed by atoms with van der Waals surface area (Å²) in [6.07, 6.45) is 3.31. The van der Waals surface area contributed by atoms with E-state index in [9.17, 15) is 4.79 Å². The predicted octanol–water partition coefficient (Wildman–Crippen LogP) is 3.20. The number of ether oxygens (including phenoxy) is 1. The second-order valence-electron chi connectivity index (χ2n) is 6.70. The van der Waals surface area contributed by atoms with Gasteiger partial charge >= 0.3 is 0 Å². The first-order valence-corrected chi connectivity index (χ1v) is 9.53. The van der Waals surface area contributed by atoms with Gasteiger partial charge in [0.1, 0.15) is 0 Å². The highest BCUT2D eigenvalue weighted by molar-refractivity contribution is 5.76. The Morgan fingerprint density at radius 1 is 0.923 bits per heavy atom. The molecule has 0 bridgehead atoms. The molecule has 1 heterocycles. The number of aryl methyl sites for hydroxylation is 2. The predicted molar refractivity (Wildman–Crippen MR) is 106 cm³/mol. The summed E-state index contributed by atoms with van der Waals surface area (Å²) in [7, 11) is 0. The molecular formula is C22H28N2O2. The van der Waals surface area contributed by atoms with Gasteiger partial charge in [-0.3, -0.25) is 4.79 Å². The van der Waals surface area contributed by atoms with Crippen LogP contribution >= 0.6 is 0 Å². The highest BCUT2D eigenvalue weighted by Crippen LogP contribution is 2.17. The molecule has 1 N–H and O–H groups in total. The first kappa shape index (κ1) is 18.5. The quantitative estimate of drug-likeness (QED) is 0.742. The van der Waals surface area contributed by atoms with Crippen molar-refractivity contribution in [3.8, 4) is 0 Å². The maximum atomic E-state index is 11.9. The molecule has 0 aliphatic carbocycles. The van der Waals surface area contributed by atoms with E-state index in [1.54, 1.807) is 0 Å². The van der Waals surface area contributed by atoms with Crippen molar-refractivity contribution in [2.45, 2.75) is 25.7 Å². The van der Waals surface area contributed by atoms with Crippen molar-refractivity contribution in [1.82, 2.24) is 5.32 Å². The van der Waals surface area contributed by atoms with Crippen LogP contribution in [0.4, 0.5) is 5.69 Å². The second kappa shape index (κ2) is 9.97. The molecule has 0 atom stereocenters. The third kappa shape index (κ3) is 5.88. The summed E-state index contributed by atoms with van der Waals surface area (Å²) in [5.74, 6) is 0.136. The molecular weight excluding hydrogens is 324 g/mol. The average molecular weight is 352 g/mol. The highest BCUT2D eigenvalue weighted by Gasteiger charge is 2.10. The van der Waals surface area contributed by atoms with Crippen molar-refractivity contribution in [3.05, 3.63) is 65.7 Å². The van der Waals surface area contributed by atoms with E-state index < -0.39 is 0 Å². The van der Waals surface area contributed by atoms with Crippen LogP contribution in [0.15, 0.2) is 54.6 Å². The molecule has 3 rings (SSSR count). The van der Waals surface area contributed by atoms with Crippen LogP contribution in [-0.2, 0) is 22.4 Å². The van der Waals surface area contributed by atoms with Crippen LogP contribution in [0.5, 0.6) is 0 Å².